The van der Waals surface area contributed by atoms with Crippen LogP contribution in [-0.4, -0.2) is 54.9 Å². The minimum absolute atomic E-state index is 0.236. The smallest absolute Gasteiger partial charge is 0.410 e. The highest BCUT2D eigenvalue weighted by Gasteiger charge is 2.25. The zero-order valence-corrected chi connectivity index (χ0v) is 19.5. The number of nitrogens with zero attached hydrogens (tertiary/aromatic N) is 3. The van der Waals surface area contributed by atoms with Crippen LogP contribution >= 0.6 is 15.9 Å². The Morgan fingerprint density at radius 2 is 1.77 bits per heavy atom. The molecule has 7 heteroatoms. The predicted octanol–water partition coefficient (Wildman–Crippen LogP) is 5.08. The van der Waals surface area contributed by atoms with Gasteiger partial charge in [0.15, 0.2) is 0 Å². The van der Waals surface area contributed by atoms with E-state index < -0.39 is 5.60 Å². The number of methoxy groups -OCH3 is 1. The van der Waals surface area contributed by atoms with Crippen LogP contribution in [0.4, 0.5) is 10.5 Å². The fourth-order valence-corrected chi connectivity index (χ4v) is 3.54. The molecule has 0 radical (unpaired) electrons. The lowest BCUT2D eigenvalue weighted by Gasteiger charge is -2.36. The van der Waals surface area contributed by atoms with Gasteiger partial charge in [0, 0.05) is 48.1 Å². The van der Waals surface area contributed by atoms with Gasteiger partial charge in [-0.05, 0) is 66.5 Å². The Hall–Kier alpha value is -2.54. The van der Waals surface area contributed by atoms with Crippen LogP contribution in [0.1, 0.15) is 31.9 Å². The van der Waals surface area contributed by atoms with Gasteiger partial charge in [0.2, 0.25) is 5.88 Å². The minimum atomic E-state index is -0.465. The number of ether oxygens (including phenoxy) is 2. The molecule has 0 spiro atoms. The monoisotopic (exact) mass is 473 g/mol. The SMILES string of the molecule is COc1ncc(Br)cc1/C=C/c1ccc(N2CCN(C(=O)OC(C)(C)C)CC2)cc1. The molecule has 1 aliphatic heterocycles. The summed E-state index contributed by atoms with van der Waals surface area (Å²) in [6.07, 6.45) is 5.51. The molecule has 30 heavy (non-hydrogen) atoms. The number of carbonyl (C=O) groups is 1. The van der Waals surface area contributed by atoms with Crippen molar-refractivity contribution in [3.8, 4) is 5.88 Å². The minimum Gasteiger partial charge on any atom is -0.481 e. The third kappa shape index (κ3) is 5.98. The lowest BCUT2D eigenvalue weighted by atomic mass is 10.1. The van der Waals surface area contributed by atoms with Crippen LogP contribution < -0.4 is 9.64 Å². The number of amides is 1. The van der Waals surface area contributed by atoms with Crippen LogP contribution in [0.2, 0.25) is 0 Å². The molecule has 1 amide bonds. The Balaban J connectivity index is 1.59. The van der Waals surface area contributed by atoms with Crippen LogP contribution in [0, 0.1) is 0 Å². The van der Waals surface area contributed by atoms with Crippen molar-refractivity contribution >= 4 is 39.9 Å². The summed E-state index contributed by atoms with van der Waals surface area (Å²) in [6, 6.07) is 10.4. The second-order valence-electron chi connectivity index (χ2n) is 8.13. The summed E-state index contributed by atoms with van der Waals surface area (Å²) in [5.41, 5.74) is 2.69. The van der Waals surface area contributed by atoms with E-state index in [1.54, 1.807) is 18.2 Å². The molecule has 0 bridgehead atoms. The van der Waals surface area contributed by atoms with Crippen molar-refractivity contribution < 1.29 is 14.3 Å². The molecule has 0 saturated carbocycles. The van der Waals surface area contributed by atoms with E-state index in [1.807, 2.05) is 39.0 Å². The van der Waals surface area contributed by atoms with Gasteiger partial charge < -0.3 is 19.3 Å². The van der Waals surface area contributed by atoms with E-state index in [1.165, 1.54) is 0 Å². The predicted molar refractivity (Wildman–Crippen MR) is 124 cm³/mol. The number of hydrogen-bond acceptors (Lipinski definition) is 5. The molecule has 1 aromatic heterocycles. The molecular formula is C23H28BrN3O3. The summed E-state index contributed by atoms with van der Waals surface area (Å²) in [4.78, 5) is 20.5. The van der Waals surface area contributed by atoms with Gasteiger partial charge >= 0.3 is 6.09 Å². The molecule has 1 saturated heterocycles. The first kappa shape index (κ1) is 22.2. The number of piperazine rings is 1. The molecule has 0 atom stereocenters. The molecular weight excluding hydrogens is 446 g/mol. The van der Waals surface area contributed by atoms with E-state index in [9.17, 15) is 4.79 Å². The average Bonchev–Trinajstić information content (AvgIpc) is 2.71. The van der Waals surface area contributed by atoms with E-state index >= 15 is 0 Å². The third-order valence-corrected chi connectivity index (χ3v) is 5.12. The van der Waals surface area contributed by atoms with Gasteiger partial charge in [-0.1, -0.05) is 18.2 Å². The molecule has 1 aliphatic rings. The van der Waals surface area contributed by atoms with E-state index in [-0.39, 0.29) is 6.09 Å². The van der Waals surface area contributed by atoms with E-state index in [0.717, 1.165) is 34.4 Å². The van der Waals surface area contributed by atoms with Gasteiger partial charge in [0.1, 0.15) is 5.60 Å². The molecule has 0 unspecified atom stereocenters. The van der Waals surface area contributed by atoms with Crippen LogP contribution in [-0.2, 0) is 4.74 Å². The van der Waals surface area contributed by atoms with Gasteiger partial charge in [0.25, 0.3) is 0 Å². The maximum absolute atomic E-state index is 12.2. The Morgan fingerprint density at radius 1 is 1.10 bits per heavy atom. The van der Waals surface area contributed by atoms with Crippen LogP contribution in [0.3, 0.4) is 0 Å². The summed E-state index contributed by atoms with van der Waals surface area (Å²) in [5.74, 6) is 0.592. The van der Waals surface area contributed by atoms with Crippen LogP contribution in [0.25, 0.3) is 12.2 Å². The Labute approximate surface area is 186 Å². The highest BCUT2D eigenvalue weighted by atomic mass is 79.9. The number of pyridine rings is 1. The van der Waals surface area contributed by atoms with Crippen LogP contribution in [0.15, 0.2) is 41.0 Å². The van der Waals surface area contributed by atoms with Gasteiger partial charge in [-0.2, -0.15) is 0 Å². The molecule has 1 fully saturated rings. The summed E-state index contributed by atoms with van der Waals surface area (Å²) >= 11 is 3.44. The number of benzene rings is 1. The Morgan fingerprint density at radius 3 is 2.37 bits per heavy atom. The number of anilines is 1. The topological polar surface area (TPSA) is 54.9 Å². The zero-order chi connectivity index (χ0) is 21.7. The third-order valence-electron chi connectivity index (χ3n) is 4.68. The normalized spacial score (nSPS) is 14.8. The van der Waals surface area contributed by atoms with E-state index in [4.69, 9.17) is 9.47 Å². The van der Waals surface area contributed by atoms with Gasteiger partial charge in [-0.3, -0.25) is 0 Å². The Kier molecular flexibility index (Phi) is 7.02. The molecule has 2 heterocycles. The lowest BCUT2D eigenvalue weighted by Crippen LogP contribution is -2.50. The summed E-state index contributed by atoms with van der Waals surface area (Å²) in [6.45, 7) is 8.56. The second-order valence-corrected chi connectivity index (χ2v) is 9.05. The number of rotatable bonds is 4. The van der Waals surface area contributed by atoms with Crippen LogP contribution in [0.5, 0.6) is 5.88 Å². The summed E-state index contributed by atoms with van der Waals surface area (Å²) in [5, 5.41) is 0. The fraction of sp³-hybridized carbons (Fsp3) is 0.391. The second kappa shape index (κ2) is 9.51. The van der Waals surface area contributed by atoms with Crippen molar-refractivity contribution in [2.75, 3.05) is 38.2 Å². The standard InChI is InChI=1S/C23H28BrN3O3/c1-23(2,3)30-22(28)27-13-11-26(12-14-27)20-9-6-17(7-10-20)5-8-18-15-19(24)16-25-21(18)29-4/h5-10,15-16H,11-14H2,1-4H3/b8-5+. The molecule has 1 aromatic carbocycles. The summed E-state index contributed by atoms with van der Waals surface area (Å²) in [7, 11) is 1.62. The maximum atomic E-state index is 12.2. The maximum Gasteiger partial charge on any atom is 0.410 e. The van der Waals surface area contributed by atoms with Crippen molar-refractivity contribution in [1.82, 2.24) is 9.88 Å². The molecule has 2 aromatic rings. The number of hydrogen-bond donors (Lipinski definition) is 0. The number of aromatic nitrogens is 1. The van der Waals surface area contributed by atoms with Crippen molar-refractivity contribution in [1.29, 1.82) is 0 Å². The Bertz CT molecular complexity index is 899. The quantitative estimate of drug-likeness (QED) is 0.619. The first-order valence-corrected chi connectivity index (χ1v) is 10.7. The average molecular weight is 474 g/mol. The van der Waals surface area contributed by atoms with E-state index in [2.05, 4.69) is 50.1 Å². The van der Waals surface area contributed by atoms with Crippen molar-refractivity contribution in [3.05, 3.63) is 52.1 Å². The molecule has 160 valence electrons. The largest absolute Gasteiger partial charge is 0.481 e. The molecule has 3 rings (SSSR count). The van der Waals surface area contributed by atoms with Crippen molar-refractivity contribution in [3.63, 3.8) is 0 Å². The summed E-state index contributed by atoms with van der Waals surface area (Å²) < 4.78 is 11.7. The zero-order valence-electron chi connectivity index (χ0n) is 17.9. The van der Waals surface area contributed by atoms with Crippen molar-refractivity contribution in [2.24, 2.45) is 0 Å². The molecule has 0 N–H and O–H groups in total. The molecule has 0 aliphatic carbocycles. The van der Waals surface area contributed by atoms with Crippen molar-refractivity contribution in [2.45, 2.75) is 26.4 Å². The first-order valence-electron chi connectivity index (χ1n) is 9.96. The molecule has 6 nitrogen and oxygen atoms in total. The number of carbonyl (C=O) groups excluding carboxylic acids is 1. The lowest BCUT2D eigenvalue weighted by molar-refractivity contribution is 0.0240. The fourth-order valence-electron chi connectivity index (χ4n) is 3.19. The number of halogens is 1. The van der Waals surface area contributed by atoms with Gasteiger partial charge in [0.05, 0.1) is 7.11 Å². The van der Waals surface area contributed by atoms with E-state index in [0.29, 0.717) is 19.0 Å². The highest BCUT2D eigenvalue weighted by molar-refractivity contribution is 9.10. The van der Waals surface area contributed by atoms with Gasteiger partial charge in [-0.15, -0.1) is 0 Å². The highest BCUT2D eigenvalue weighted by Crippen LogP contribution is 2.23. The first-order chi connectivity index (χ1) is 14.2. The van der Waals surface area contributed by atoms with Gasteiger partial charge in [-0.25, -0.2) is 9.78 Å².